The van der Waals surface area contributed by atoms with E-state index in [4.69, 9.17) is 4.52 Å². The minimum Gasteiger partial charge on any atom is -0.339 e. The van der Waals surface area contributed by atoms with Crippen LogP contribution in [0, 0.1) is 13.8 Å². The summed E-state index contributed by atoms with van der Waals surface area (Å²) in [6, 6.07) is 7.91. The van der Waals surface area contributed by atoms with E-state index in [1.165, 1.54) is 0 Å². The molecule has 0 radical (unpaired) electrons. The molecule has 0 N–H and O–H groups in total. The van der Waals surface area contributed by atoms with E-state index in [0.29, 0.717) is 24.8 Å². The van der Waals surface area contributed by atoms with Gasteiger partial charge in [-0.3, -0.25) is 4.79 Å². The van der Waals surface area contributed by atoms with Crippen LogP contribution < -0.4 is 0 Å². The van der Waals surface area contributed by atoms with Gasteiger partial charge in [0.2, 0.25) is 11.7 Å². The van der Waals surface area contributed by atoms with Crippen LogP contribution in [0.5, 0.6) is 0 Å². The Morgan fingerprint density at radius 2 is 2.00 bits per heavy atom. The van der Waals surface area contributed by atoms with Crippen molar-refractivity contribution in [3.63, 3.8) is 0 Å². The molecule has 1 aliphatic heterocycles. The number of aromatic nitrogens is 2. The molecule has 0 bridgehead atoms. The first-order valence-electron chi connectivity index (χ1n) is 7.84. The molecule has 3 aromatic rings. The first kappa shape index (κ1) is 15.1. The molecule has 1 amide bonds. The van der Waals surface area contributed by atoms with E-state index in [2.05, 4.69) is 16.2 Å². The lowest BCUT2D eigenvalue weighted by Gasteiger charge is -2.37. The maximum absolute atomic E-state index is 12.6. The molecule has 24 heavy (non-hydrogen) atoms. The first-order valence-corrected chi connectivity index (χ1v) is 8.78. The van der Waals surface area contributed by atoms with Gasteiger partial charge < -0.3 is 9.42 Å². The quantitative estimate of drug-likeness (QED) is 0.731. The van der Waals surface area contributed by atoms with E-state index in [0.717, 1.165) is 22.3 Å². The Kier molecular flexibility index (Phi) is 3.69. The Morgan fingerprint density at radius 1 is 1.25 bits per heavy atom. The zero-order chi connectivity index (χ0) is 16.7. The predicted octanol–water partition coefficient (Wildman–Crippen LogP) is 3.65. The number of benzene rings is 1. The highest BCUT2D eigenvalue weighted by Crippen LogP contribution is 2.29. The third-order valence-corrected chi connectivity index (χ3v) is 4.89. The van der Waals surface area contributed by atoms with Crippen LogP contribution in [0.1, 0.15) is 33.3 Å². The van der Waals surface area contributed by atoms with Crippen molar-refractivity contribution >= 4 is 17.2 Å². The van der Waals surface area contributed by atoms with Crippen molar-refractivity contribution in [3.05, 3.63) is 57.6 Å². The highest BCUT2D eigenvalue weighted by atomic mass is 32.1. The summed E-state index contributed by atoms with van der Waals surface area (Å²) >= 11 is 1.60. The third-order valence-electron chi connectivity index (χ3n) is 4.21. The lowest BCUT2D eigenvalue weighted by Crippen LogP contribution is -2.48. The molecule has 0 spiro atoms. The van der Waals surface area contributed by atoms with Gasteiger partial charge in [-0.2, -0.15) is 16.3 Å². The Hall–Kier alpha value is -2.47. The van der Waals surface area contributed by atoms with Crippen molar-refractivity contribution in [1.29, 1.82) is 0 Å². The topological polar surface area (TPSA) is 59.2 Å². The highest BCUT2D eigenvalue weighted by molar-refractivity contribution is 7.08. The number of nitrogens with zero attached hydrogens (tertiary/aromatic N) is 3. The summed E-state index contributed by atoms with van der Waals surface area (Å²) < 4.78 is 5.37. The van der Waals surface area contributed by atoms with Gasteiger partial charge in [-0.25, -0.2) is 0 Å². The molecule has 3 heterocycles. The van der Waals surface area contributed by atoms with Crippen LogP contribution in [0.4, 0.5) is 0 Å². The van der Waals surface area contributed by atoms with Crippen molar-refractivity contribution in [2.75, 3.05) is 13.1 Å². The van der Waals surface area contributed by atoms with Crippen LogP contribution in [0.3, 0.4) is 0 Å². The molecule has 0 atom stereocenters. The molecular formula is C18H17N3O2S. The largest absolute Gasteiger partial charge is 0.339 e. The molecule has 6 heteroatoms. The Bertz CT molecular complexity index is 859. The number of carbonyl (C=O) groups excluding carboxylic acids is 1. The summed E-state index contributed by atoms with van der Waals surface area (Å²) in [7, 11) is 0. The van der Waals surface area contributed by atoms with Crippen molar-refractivity contribution in [2.24, 2.45) is 0 Å². The summed E-state index contributed by atoms with van der Waals surface area (Å²) in [5, 5.41) is 8.01. The molecule has 1 fully saturated rings. The summed E-state index contributed by atoms with van der Waals surface area (Å²) in [6.45, 7) is 5.26. The number of aryl methyl sites for hydroxylation is 2. The van der Waals surface area contributed by atoms with Crippen molar-refractivity contribution in [2.45, 2.75) is 19.8 Å². The van der Waals surface area contributed by atoms with E-state index in [1.807, 2.05) is 47.7 Å². The number of hydrogen-bond donors (Lipinski definition) is 0. The molecule has 0 unspecified atom stereocenters. The molecule has 1 aromatic carbocycles. The van der Waals surface area contributed by atoms with Gasteiger partial charge in [0, 0.05) is 29.6 Å². The van der Waals surface area contributed by atoms with Gasteiger partial charge in [-0.1, -0.05) is 22.3 Å². The summed E-state index contributed by atoms with van der Waals surface area (Å²) in [4.78, 5) is 18.8. The Balaban J connectivity index is 1.44. The van der Waals surface area contributed by atoms with Crippen molar-refractivity contribution in [1.82, 2.24) is 15.0 Å². The monoisotopic (exact) mass is 339 g/mol. The van der Waals surface area contributed by atoms with Gasteiger partial charge in [0.25, 0.3) is 5.91 Å². The highest BCUT2D eigenvalue weighted by Gasteiger charge is 2.36. The fourth-order valence-electron chi connectivity index (χ4n) is 2.99. The number of thiophene rings is 1. The van der Waals surface area contributed by atoms with Crippen LogP contribution in [0.15, 0.2) is 39.5 Å². The average molecular weight is 339 g/mol. The third kappa shape index (κ3) is 2.73. The van der Waals surface area contributed by atoms with Crippen LogP contribution >= 0.6 is 11.3 Å². The van der Waals surface area contributed by atoms with E-state index >= 15 is 0 Å². The Morgan fingerprint density at radius 3 is 2.67 bits per heavy atom. The van der Waals surface area contributed by atoms with Gasteiger partial charge in [0.1, 0.15) is 0 Å². The summed E-state index contributed by atoms with van der Waals surface area (Å²) in [5.41, 5.74) is 3.92. The van der Waals surface area contributed by atoms with Crippen molar-refractivity contribution < 1.29 is 9.32 Å². The molecule has 122 valence electrons. The zero-order valence-corrected chi connectivity index (χ0v) is 14.3. The molecule has 0 aliphatic carbocycles. The van der Waals surface area contributed by atoms with Crippen molar-refractivity contribution in [3.8, 4) is 11.4 Å². The molecule has 2 aromatic heterocycles. The van der Waals surface area contributed by atoms with Crippen LogP contribution in [-0.2, 0) is 0 Å². The van der Waals surface area contributed by atoms with Gasteiger partial charge >= 0.3 is 0 Å². The number of carbonyl (C=O) groups is 1. The molecule has 5 nitrogen and oxygen atoms in total. The predicted molar refractivity (Wildman–Crippen MR) is 92.2 cm³/mol. The minimum absolute atomic E-state index is 0.0654. The Labute approximate surface area is 143 Å². The second-order valence-corrected chi connectivity index (χ2v) is 7.03. The van der Waals surface area contributed by atoms with E-state index in [1.54, 1.807) is 11.3 Å². The smallest absolute Gasteiger partial charge is 0.253 e. The standard InChI is InChI=1S/C18H17N3O2S/c1-11-5-12(2)7-14(6-11)18(22)21-8-15(9-21)17-19-16(20-23-17)13-3-4-24-10-13/h3-7,10,15H,8-9H2,1-2H3. The van der Waals surface area contributed by atoms with E-state index in [-0.39, 0.29) is 11.8 Å². The molecular weight excluding hydrogens is 322 g/mol. The first-order chi connectivity index (χ1) is 11.6. The number of likely N-dealkylation sites (tertiary alicyclic amines) is 1. The maximum Gasteiger partial charge on any atom is 0.253 e. The van der Waals surface area contributed by atoms with Crippen LogP contribution in [0.2, 0.25) is 0 Å². The van der Waals surface area contributed by atoms with E-state index < -0.39 is 0 Å². The lowest BCUT2D eigenvalue weighted by atomic mass is 9.98. The molecule has 1 saturated heterocycles. The SMILES string of the molecule is Cc1cc(C)cc(C(=O)N2CC(c3nc(-c4ccsc4)no3)C2)c1. The van der Waals surface area contributed by atoms with Crippen LogP contribution in [-0.4, -0.2) is 34.0 Å². The van der Waals surface area contributed by atoms with Gasteiger partial charge in [0.15, 0.2) is 0 Å². The average Bonchev–Trinajstić information content (AvgIpc) is 3.15. The maximum atomic E-state index is 12.6. The molecule has 4 rings (SSSR count). The number of rotatable bonds is 3. The van der Waals surface area contributed by atoms with E-state index in [9.17, 15) is 4.79 Å². The number of amides is 1. The van der Waals surface area contributed by atoms with Crippen LogP contribution in [0.25, 0.3) is 11.4 Å². The minimum atomic E-state index is 0.0654. The normalized spacial score (nSPS) is 14.7. The molecule has 1 aliphatic rings. The summed E-state index contributed by atoms with van der Waals surface area (Å²) in [6.07, 6.45) is 0. The zero-order valence-electron chi connectivity index (χ0n) is 13.5. The second kappa shape index (κ2) is 5.87. The van der Waals surface area contributed by atoms with Gasteiger partial charge in [-0.05, 0) is 37.4 Å². The van der Waals surface area contributed by atoms with Gasteiger partial charge in [-0.15, -0.1) is 0 Å². The summed E-state index contributed by atoms with van der Waals surface area (Å²) in [5.74, 6) is 1.42. The lowest BCUT2D eigenvalue weighted by molar-refractivity contribution is 0.0569. The number of hydrogen-bond acceptors (Lipinski definition) is 5. The second-order valence-electron chi connectivity index (χ2n) is 6.25. The fourth-order valence-corrected chi connectivity index (χ4v) is 3.63. The molecule has 0 saturated carbocycles. The fraction of sp³-hybridized carbons (Fsp3) is 0.278. The van der Waals surface area contributed by atoms with Gasteiger partial charge in [0.05, 0.1) is 5.92 Å².